The Hall–Kier alpha value is -2.26. The van der Waals surface area contributed by atoms with E-state index in [2.05, 4.69) is 9.82 Å². The average Bonchev–Trinajstić information content (AvgIpc) is 2.86. The van der Waals surface area contributed by atoms with Crippen molar-refractivity contribution in [3.05, 3.63) is 51.8 Å². The molecule has 0 bridgehead atoms. The second kappa shape index (κ2) is 6.24. The summed E-state index contributed by atoms with van der Waals surface area (Å²) in [7, 11) is -3.72. The van der Waals surface area contributed by atoms with E-state index in [-0.39, 0.29) is 17.1 Å². The molecular formula is C13H16N4O4S. The van der Waals surface area contributed by atoms with Crippen LogP contribution in [0.2, 0.25) is 0 Å². The first-order valence-corrected chi connectivity index (χ1v) is 8.09. The van der Waals surface area contributed by atoms with Gasteiger partial charge in [0.15, 0.2) is 0 Å². The van der Waals surface area contributed by atoms with Crippen LogP contribution in [0.4, 0.5) is 5.69 Å². The van der Waals surface area contributed by atoms with Gasteiger partial charge in [-0.3, -0.25) is 14.8 Å². The van der Waals surface area contributed by atoms with Gasteiger partial charge in [0.2, 0.25) is 10.0 Å². The molecule has 0 unspecified atom stereocenters. The summed E-state index contributed by atoms with van der Waals surface area (Å²) >= 11 is 0. The van der Waals surface area contributed by atoms with Crippen molar-refractivity contribution in [2.24, 2.45) is 0 Å². The Bertz CT molecular complexity index is 781. The first kappa shape index (κ1) is 16.1. The molecule has 0 fully saturated rings. The predicted octanol–water partition coefficient (Wildman–Crippen LogP) is 1.60. The van der Waals surface area contributed by atoms with Gasteiger partial charge in [-0.05, 0) is 26.0 Å². The SMILES string of the molecule is CCn1cc(CNS(=O)(=O)c2ccc([N+](=O)[O-])cc2)c(C)n1. The number of sulfonamides is 1. The number of aryl methyl sites for hydroxylation is 2. The number of non-ortho nitro benzene ring substituents is 1. The standard InChI is InChI=1S/C13H16N4O4S/c1-3-16-9-11(10(2)15-16)8-14-22(20,21)13-6-4-12(5-7-13)17(18)19/h4-7,9,14H,3,8H2,1-2H3. The normalized spacial score (nSPS) is 11.5. The van der Waals surface area contributed by atoms with Crippen LogP contribution < -0.4 is 4.72 Å². The Morgan fingerprint density at radius 1 is 1.32 bits per heavy atom. The van der Waals surface area contributed by atoms with E-state index in [1.54, 1.807) is 10.9 Å². The van der Waals surface area contributed by atoms with Crippen LogP contribution in [0.5, 0.6) is 0 Å². The molecule has 0 aliphatic rings. The summed E-state index contributed by atoms with van der Waals surface area (Å²) in [4.78, 5) is 9.98. The molecule has 0 atom stereocenters. The summed E-state index contributed by atoms with van der Waals surface area (Å²) in [6.07, 6.45) is 1.79. The van der Waals surface area contributed by atoms with Crippen LogP contribution in [0.25, 0.3) is 0 Å². The zero-order valence-corrected chi connectivity index (χ0v) is 13.0. The molecule has 22 heavy (non-hydrogen) atoms. The third-order valence-electron chi connectivity index (χ3n) is 3.18. The summed E-state index contributed by atoms with van der Waals surface area (Å²) in [5.41, 5.74) is 1.39. The first-order chi connectivity index (χ1) is 10.3. The van der Waals surface area contributed by atoms with Crippen LogP contribution in [-0.4, -0.2) is 23.1 Å². The van der Waals surface area contributed by atoms with E-state index < -0.39 is 14.9 Å². The second-order valence-electron chi connectivity index (χ2n) is 4.67. The van der Waals surface area contributed by atoms with Crippen LogP contribution in [0.1, 0.15) is 18.2 Å². The van der Waals surface area contributed by atoms with Crippen LogP contribution in [-0.2, 0) is 23.1 Å². The molecule has 0 aliphatic carbocycles. The Kier molecular flexibility index (Phi) is 4.57. The van der Waals surface area contributed by atoms with E-state index in [0.29, 0.717) is 6.54 Å². The Morgan fingerprint density at radius 3 is 2.45 bits per heavy atom. The molecule has 1 N–H and O–H groups in total. The lowest BCUT2D eigenvalue weighted by Crippen LogP contribution is -2.23. The molecule has 9 heteroatoms. The molecule has 118 valence electrons. The molecular weight excluding hydrogens is 308 g/mol. The molecule has 2 aromatic rings. The van der Waals surface area contributed by atoms with Gasteiger partial charge in [-0.2, -0.15) is 5.10 Å². The van der Waals surface area contributed by atoms with Crippen molar-refractivity contribution in [1.29, 1.82) is 0 Å². The third-order valence-corrected chi connectivity index (χ3v) is 4.60. The van der Waals surface area contributed by atoms with Gasteiger partial charge in [0, 0.05) is 37.0 Å². The number of rotatable bonds is 6. The molecule has 1 heterocycles. The summed E-state index contributed by atoms with van der Waals surface area (Å²) in [6.45, 7) is 4.57. The van der Waals surface area contributed by atoms with Gasteiger partial charge in [-0.1, -0.05) is 0 Å². The molecule has 0 aliphatic heterocycles. The fourth-order valence-electron chi connectivity index (χ4n) is 1.90. The maximum Gasteiger partial charge on any atom is 0.269 e. The zero-order valence-electron chi connectivity index (χ0n) is 12.2. The molecule has 8 nitrogen and oxygen atoms in total. The number of nitro groups is 1. The van der Waals surface area contributed by atoms with E-state index in [4.69, 9.17) is 0 Å². The number of nitrogens with zero attached hydrogens (tertiary/aromatic N) is 3. The first-order valence-electron chi connectivity index (χ1n) is 6.60. The average molecular weight is 324 g/mol. The largest absolute Gasteiger partial charge is 0.272 e. The Morgan fingerprint density at radius 2 is 1.95 bits per heavy atom. The second-order valence-corrected chi connectivity index (χ2v) is 6.44. The fourth-order valence-corrected chi connectivity index (χ4v) is 2.90. The molecule has 0 saturated carbocycles. The summed E-state index contributed by atoms with van der Waals surface area (Å²) < 4.78 is 28.5. The van der Waals surface area contributed by atoms with Crippen molar-refractivity contribution in [3.63, 3.8) is 0 Å². The molecule has 2 rings (SSSR count). The van der Waals surface area contributed by atoms with Gasteiger partial charge >= 0.3 is 0 Å². The maximum atomic E-state index is 12.2. The number of benzene rings is 1. The number of nitro benzene ring substituents is 1. The van der Waals surface area contributed by atoms with Crippen molar-refractivity contribution in [2.75, 3.05) is 0 Å². The number of aromatic nitrogens is 2. The highest BCUT2D eigenvalue weighted by atomic mass is 32.2. The van der Waals surface area contributed by atoms with E-state index in [1.165, 1.54) is 12.1 Å². The lowest BCUT2D eigenvalue weighted by atomic mass is 10.3. The van der Waals surface area contributed by atoms with E-state index in [0.717, 1.165) is 23.4 Å². The smallest absolute Gasteiger partial charge is 0.269 e. The van der Waals surface area contributed by atoms with E-state index >= 15 is 0 Å². The quantitative estimate of drug-likeness (QED) is 0.641. The molecule has 1 aromatic heterocycles. The number of hydrogen-bond donors (Lipinski definition) is 1. The molecule has 1 aromatic carbocycles. The highest BCUT2D eigenvalue weighted by Gasteiger charge is 2.16. The summed E-state index contributed by atoms with van der Waals surface area (Å²) in [6, 6.07) is 4.75. The van der Waals surface area contributed by atoms with Crippen molar-refractivity contribution < 1.29 is 13.3 Å². The van der Waals surface area contributed by atoms with Gasteiger partial charge in [-0.25, -0.2) is 13.1 Å². The van der Waals surface area contributed by atoms with Gasteiger partial charge in [0.1, 0.15) is 0 Å². The van der Waals surface area contributed by atoms with E-state index in [1.807, 2.05) is 13.8 Å². The predicted molar refractivity (Wildman–Crippen MR) is 79.8 cm³/mol. The van der Waals surface area contributed by atoms with Crippen LogP contribution in [0.3, 0.4) is 0 Å². The van der Waals surface area contributed by atoms with Crippen molar-refractivity contribution in [1.82, 2.24) is 14.5 Å². The Balaban J connectivity index is 2.13. The lowest BCUT2D eigenvalue weighted by molar-refractivity contribution is -0.384. The lowest BCUT2D eigenvalue weighted by Gasteiger charge is -2.06. The monoisotopic (exact) mass is 324 g/mol. The zero-order chi connectivity index (χ0) is 16.3. The van der Waals surface area contributed by atoms with Crippen molar-refractivity contribution in [2.45, 2.75) is 31.8 Å². The molecule has 0 amide bonds. The minimum absolute atomic E-state index is 0.0152. The summed E-state index contributed by atoms with van der Waals surface area (Å²) in [5, 5.41) is 14.8. The minimum atomic E-state index is -3.72. The van der Waals surface area contributed by atoms with Gasteiger partial charge < -0.3 is 0 Å². The van der Waals surface area contributed by atoms with Crippen molar-refractivity contribution in [3.8, 4) is 0 Å². The van der Waals surface area contributed by atoms with Gasteiger partial charge in [-0.15, -0.1) is 0 Å². The van der Waals surface area contributed by atoms with Crippen molar-refractivity contribution >= 4 is 15.7 Å². The third kappa shape index (κ3) is 3.49. The van der Waals surface area contributed by atoms with Gasteiger partial charge in [0.25, 0.3) is 5.69 Å². The topological polar surface area (TPSA) is 107 Å². The minimum Gasteiger partial charge on any atom is -0.272 e. The molecule has 0 radical (unpaired) electrons. The van der Waals surface area contributed by atoms with E-state index in [9.17, 15) is 18.5 Å². The molecule has 0 spiro atoms. The summed E-state index contributed by atoms with van der Waals surface area (Å²) in [5.74, 6) is 0. The Labute approximate surface area is 128 Å². The molecule has 0 saturated heterocycles. The van der Waals surface area contributed by atoms with Gasteiger partial charge in [0.05, 0.1) is 15.5 Å². The highest BCUT2D eigenvalue weighted by molar-refractivity contribution is 7.89. The maximum absolute atomic E-state index is 12.2. The highest BCUT2D eigenvalue weighted by Crippen LogP contribution is 2.16. The number of hydrogen-bond acceptors (Lipinski definition) is 5. The number of nitrogens with one attached hydrogen (secondary N) is 1. The fraction of sp³-hybridized carbons (Fsp3) is 0.308. The van der Waals surface area contributed by atoms with Crippen LogP contribution >= 0.6 is 0 Å². The van der Waals surface area contributed by atoms with Crippen LogP contribution in [0, 0.1) is 17.0 Å². The van der Waals surface area contributed by atoms with Crippen LogP contribution in [0.15, 0.2) is 35.4 Å².